The van der Waals surface area contributed by atoms with Gasteiger partial charge in [-0.25, -0.2) is 4.68 Å². The van der Waals surface area contributed by atoms with E-state index in [0.717, 1.165) is 46.7 Å². The molecular weight excluding hydrogens is 310 g/mol. The summed E-state index contributed by atoms with van der Waals surface area (Å²) in [5, 5.41) is 9.79. The van der Waals surface area contributed by atoms with Crippen LogP contribution in [0.25, 0.3) is 10.9 Å². The second-order valence-corrected chi connectivity index (χ2v) is 6.25. The summed E-state index contributed by atoms with van der Waals surface area (Å²) in [7, 11) is 0. The number of hydrogen-bond acceptors (Lipinski definition) is 3. The molecular formula is C18H18ClN3O. The van der Waals surface area contributed by atoms with E-state index < -0.39 is 0 Å². The van der Waals surface area contributed by atoms with Crippen LogP contribution in [0.15, 0.2) is 48.7 Å². The number of halogens is 1. The van der Waals surface area contributed by atoms with E-state index in [0.29, 0.717) is 0 Å². The Hall–Kier alpha value is -2.04. The molecule has 1 aliphatic heterocycles. The number of nitrogens with zero attached hydrogens (tertiary/aromatic N) is 2. The van der Waals surface area contributed by atoms with Crippen molar-refractivity contribution < 1.29 is 4.74 Å². The fraction of sp³-hybridized carbons (Fsp3) is 0.278. The molecule has 1 fully saturated rings. The van der Waals surface area contributed by atoms with Crippen LogP contribution in [0, 0.1) is 0 Å². The molecule has 0 aliphatic carbocycles. The molecule has 0 radical (unpaired) electrons. The quantitative estimate of drug-likeness (QED) is 0.724. The maximum absolute atomic E-state index is 5.93. The Labute approximate surface area is 140 Å². The van der Waals surface area contributed by atoms with Crippen molar-refractivity contribution in [3.05, 3.63) is 53.7 Å². The standard InChI is InChI=1S/C18H18ClN3O/c19-14-5-8-15(9-6-14)21-16-7-4-13-12-20-22(17(13)11-16)18-3-1-2-10-23-18/h4-9,11-12,18,21H,1-3,10H2. The first-order valence-electron chi connectivity index (χ1n) is 7.91. The van der Waals surface area contributed by atoms with Gasteiger partial charge in [-0.3, -0.25) is 0 Å². The molecule has 2 heterocycles. The van der Waals surface area contributed by atoms with Crippen LogP contribution < -0.4 is 5.32 Å². The predicted molar refractivity (Wildman–Crippen MR) is 93.3 cm³/mol. The molecule has 4 rings (SSSR count). The first kappa shape index (κ1) is 14.5. The van der Waals surface area contributed by atoms with E-state index >= 15 is 0 Å². The summed E-state index contributed by atoms with van der Waals surface area (Å²) in [6, 6.07) is 14.0. The van der Waals surface area contributed by atoms with E-state index in [2.05, 4.69) is 28.6 Å². The van der Waals surface area contributed by atoms with Crippen LogP contribution in [0.5, 0.6) is 0 Å². The smallest absolute Gasteiger partial charge is 0.150 e. The van der Waals surface area contributed by atoms with Gasteiger partial charge in [0, 0.05) is 28.4 Å². The Kier molecular flexibility index (Phi) is 3.93. The average Bonchev–Trinajstić information content (AvgIpc) is 3.01. The van der Waals surface area contributed by atoms with Gasteiger partial charge in [0.25, 0.3) is 0 Å². The van der Waals surface area contributed by atoms with Crippen molar-refractivity contribution in [3.63, 3.8) is 0 Å². The number of nitrogens with one attached hydrogen (secondary N) is 1. The van der Waals surface area contributed by atoms with Crippen LogP contribution in [0.2, 0.25) is 5.02 Å². The topological polar surface area (TPSA) is 39.1 Å². The summed E-state index contributed by atoms with van der Waals surface area (Å²) in [6.07, 6.45) is 5.30. The maximum Gasteiger partial charge on any atom is 0.150 e. The van der Waals surface area contributed by atoms with E-state index in [1.54, 1.807) is 0 Å². The highest BCUT2D eigenvalue weighted by Crippen LogP contribution is 2.28. The average molecular weight is 328 g/mol. The molecule has 1 unspecified atom stereocenters. The van der Waals surface area contributed by atoms with Gasteiger partial charge in [-0.15, -0.1) is 0 Å². The lowest BCUT2D eigenvalue weighted by Gasteiger charge is -2.23. The summed E-state index contributed by atoms with van der Waals surface area (Å²) in [6.45, 7) is 0.814. The first-order chi connectivity index (χ1) is 11.3. The van der Waals surface area contributed by atoms with Crippen LogP contribution in [-0.4, -0.2) is 16.4 Å². The van der Waals surface area contributed by atoms with Gasteiger partial charge in [0.15, 0.2) is 6.23 Å². The molecule has 2 aromatic carbocycles. The second-order valence-electron chi connectivity index (χ2n) is 5.82. The third kappa shape index (κ3) is 3.05. The summed E-state index contributed by atoms with van der Waals surface area (Å²) < 4.78 is 7.87. The van der Waals surface area contributed by atoms with E-state index in [1.165, 1.54) is 6.42 Å². The van der Waals surface area contributed by atoms with Crippen molar-refractivity contribution in [2.24, 2.45) is 0 Å². The molecule has 0 saturated carbocycles. The summed E-state index contributed by atoms with van der Waals surface area (Å²) >= 11 is 5.93. The molecule has 23 heavy (non-hydrogen) atoms. The molecule has 3 aromatic rings. The van der Waals surface area contributed by atoms with Crippen molar-refractivity contribution >= 4 is 33.9 Å². The Morgan fingerprint density at radius 3 is 2.70 bits per heavy atom. The van der Waals surface area contributed by atoms with Gasteiger partial charge >= 0.3 is 0 Å². The van der Waals surface area contributed by atoms with Crippen LogP contribution in [-0.2, 0) is 4.74 Å². The highest BCUT2D eigenvalue weighted by molar-refractivity contribution is 6.30. The lowest BCUT2D eigenvalue weighted by atomic mass is 10.2. The maximum atomic E-state index is 5.93. The van der Waals surface area contributed by atoms with Gasteiger partial charge in [-0.05, 0) is 61.7 Å². The minimum atomic E-state index is 0.0482. The minimum absolute atomic E-state index is 0.0482. The van der Waals surface area contributed by atoms with Gasteiger partial charge in [0.2, 0.25) is 0 Å². The lowest BCUT2D eigenvalue weighted by molar-refractivity contribution is -0.0366. The minimum Gasteiger partial charge on any atom is -0.356 e. The molecule has 0 bridgehead atoms. The third-order valence-corrected chi connectivity index (χ3v) is 4.41. The number of rotatable bonds is 3. The zero-order valence-electron chi connectivity index (χ0n) is 12.7. The highest BCUT2D eigenvalue weighted by atomic mass is 35.5. The van der Waals surface area contributed by atoms with Gasteiger partial charge < -0.3 is 10.1 Å². The lowest BCUT2D eigenvalue weighted by Crippen LogP contribution is -2.18. The number of aromatic nitrogens is 2. The fourth-order valence-electron chi connectivity index (χ4n) is 2.96. The van der Waals surface area contributed by atoms with Crippen molar-refractivity contribution in [2.75, 3.05) is 11.9 Å². The number of anilines is 2. The fourth-order valence-corrected chi connectivity index (χ4v) is 3.09. The van der Waals surface area contributed by atoms with Crippen molar-refractivity contribution in [3.8, 4) is 0 Å². The van der Waals surface area contributed by atoms with Crippen LogP contribution in [0.4, 0.5) is 11.4 Å². The molecule has 1 aliphatic rings. The molecule has 1 aromatic heterocycles. The van der Waals surface area contributed by atoms with Crippen molar-refractivity contribution in [1.29, 1.82) is 0 Å². The summed E-state index contributed by atoms with van der Waals surface area (Å²) in [5.74, 6) is 0. The molecule has 0 amide bonds. The van der Waals surface area contributed by atoms with E-state index in [1.807, 2.05) is 35.1 Å². The number of ether oxygens (including phenoxy) is 1. The van der Waals surface area contributed by atoms with E-state index in [4.69, 9.17) is 16.3 Å². The zero-order chi connectivity index (χ0) is 15.6. The Morgan fingerprint density at radius 1 is 1.09 bits per heavy atom. The van der Waals surface area contributed by atoms with Gasteiger partial charge in [-0.1, -0.05) is 11.6 Å². The molecule has 1 atom stereocenters. The van der Waals surface area contributed by atoms with Gasteiger partial charge in [0.1, 0.15) is 0 Å². The molecule has 4 nitrogen and oxygen atoms in total. The van der Waals surface area contributed by atoms with Crippen LogP contribution in [0.3, 0.4) is 0 Å². The molecule has 0 spiro atoms. The molecule has 1 saturated heterocycles. The van der Waals surface area contributed by atoms with Gasteiger partial charge in [-0.2, -0.15) is 5.10 Å². The van der Waals surface area contributed by atoms with Crippen molar-refractivity contribution in [1.82, 2.24) is 9.78 Å². The summed E-state index contributed by atoms with van der Waals surface area (Å²) in [4.78, 5) is 0. The normalized spacial score (nSPS) is 18.2. The monoisotopic (exact) mass is 327 g/mol. The van der Waals surface area contributed by atoms with Crippen LogP contribution >= 0.6 is 11.6 Å². The largest absolute Gasteiger partial charge is 0.356 e. The van der Waals surface area contributed by atoms with Crippen LogP contribution in [0.1, 0.15) is 25.5 Å². The third-order valence-electron chi connectivity index (χ3n) is 4.16. The van der Waals surface area contributed by atoms with E-state index in [9.17, 15) is 0 Å². The van der Waals surface area contributed by atoms with Crippen molar-refractivity contribution in [2.45, 2.75) is 25.5 Å². The second kappa shape index (κ2) is 6.22. The number of fused-ring (bicyclic) bond motifs is 1. The molecule has 118 valence electrons. The first-order valence-corrected chi connectivity index (χ1v) is 8.29. The predicted octanol–water partition coefficient (Wildman–Crippen LogP) is 5.13. The zero-order valence-corrected chi connectivity index (χ0v) is 13.5. The number of hydrogen-bond donors (Lipinski definition) is 1. The van der Waals surface area contributed by atoms with E-state index in [-0.39, 0.29) is 6.23 Å². The SMILES string of the molecule is Clc1ccc(Nc2ccc3cnn(C4CCCCO4)c3c2)cc1. The molecule has 5 heteroatoms. The number of benzene rings is 2. The Bertz CT molecular complexity index is 807. The highest BCUT2D eigenvalue weighted by Gasteiger charge is 2.18. The summed E-state index contributed by atoms with van der Waals surface area (Å²) in [5.41, 5.74) is 3.13. The van der Waals surface area contributed by atoms with Gasteiger partial charge in [0.05, 0.1) is 11.7 Å². The Balaban J connectivity index is 1.64. The Morgan fingerprint density at radius 2 is 1.91 bits per heavy atom. The molecule has 1 N–H and O–H groups in total.